The topological polar surface area (TPSA) is 81.1 Å². The Kier molecular flexibility index (Phi) is 3.95. The fourth-order valence-corrected chi connectivity index (χ4v) is 4.05. The molecule has 0 bridgehead atoms. The van der Waals surface area contributed by atoms with Crippen molar-refractivity contribution in [2.24, 2.45) is 11.3 Å². The van der Waals surface area contributed by atoms with Gasteiger partial charge < -0.3 is 15.4 Å². The van der Waals surface area contributed by atoms with Crippen molar-refractivity contribution in [3.8, 4) is 5.82 Å². The largest absolute Gasteiger partial charge is 0.377 e. The van der Waals surface area contributed by atoms with E-state index in [0.717, 1.165) is 24.4 Å². The molecule has 132 valence electrons. The summed E-state index contributed by atoms with van der Waals surface area (Å²) in [4.78, 5) is 16.6. The third-order valence-corrected chi connectivity index (χ3v) is 5.39. The molecule has 1 aliphatic carbocycles. The van der Waals surface area contributed by atoms with E-state index >= 15 is 0 Å². The Hall–Kier alpha value is -2.41. The van der Waals surface area contributed by atoms with Gasteiger partial charge in [-0.05, 0) is 24.1 Å². The summed E-state index contributed by atoms with van der Waals surface area (Å²) in [6.45, 7) is 5.55. The lowest BCUT2D eigenvalue weighted by Crippen LogP contribution is -2.67. The van der Waals surface area contributed by atoms with Crippen LogP contribution in [-0.2, 0) is 11.3 Å². The molecule has 1 saturated heterocycles. The number of nitrogens with zero attached hydrogens (tertiary/aromatic N) is 3. The summed E-state index contributed by atoms with van der Waals surface area (Å²) in [6, 6.07) is 5.71. The zero-order valence-corrected chi connectivity index (χ0v) is 14.5. The van der Waals surface area contributed by atoms with Gasteiger partial charge in [0.15, 0.2) is 5.82 Å². The highest BCUT2D eigenvalue weighted by Crippen LogP contribution is 2.52. The van der Waals surface area contributed by atoms with Crippen LogP contribution in [0.2, 0.25) is 0 Å². The lowest BCUT2D eigenvalue weighted by atomic mass is 9.57. The molecular weight excluding hydrogens is 318 g/mol. The molecule has 25 heavy (non-hydrogen) atoms. The van der Waals surface area contributed by atoms with Crippen LogP contribution < -0.4 is 10.6 Å². The Labute approximate surface area is 146 Å². The molecule has 2 amide bonds. The van der Waals surface area contributed by atoms with Crippen molar-refractivity contribution in [3.05, 3.63) is 42.4 Å². The van der Waals surface area contributed by atoms with Gasteiger partial charge in [0, 0.05) is 49.1 Å². The van der Waals surface area contributed by atoms with Crippen LogP contribution in [0.15, 0.2) is 36.8 Å². The van der Waals surface area contributed by atoms with Crippen molar-refractivity contribution in [3.63, 3.8) is 0 Å². The molecule has 1 saturated carbocycles. The quantitative estimate of drug-likeness (QED) is 0.890. The fraction of sp³-hybridized carbons (Fsp3) is 0.500. The van der Waals surface area contributed by atoms with Gasteiger partial charge in [0.2, 0.25) is 0 Å². The molecule has 3 heterocycles. The van der Waals surface area contributed by atoms with Crippen LogP contribution in [0.25, 0.3) is 5.82 Å². The number of fused-ring (bicyclic) bond motifs is 1. The lowest BCUT2D eigenvalue weighted by Gasteiger charge is -2.54. The number of carbonyl (C=O) groups is 1. The van der Waals surface area contributed by atoms with E-state index in [2.05, 4.69) is 34.6 Å². The molecule has 0 aromatic carbocycles. The normalized spacial score (nSPS) is 26.6. The Morgan fingerprint density at radius 1 is 1.44 bits per heavy atom. The minimum atomic E-state index is -0.139. The summed E-state index contributed by atoms with van der Waals surface area (Å²) in [5.41, 5.74) is 0.937. The highest BCUT2D eigenvalue weighted by atomic mass is 16.5. The first-order valence-corrected chi connectivity index (χ1v) is 8.66. The number of aromatic nitrogens is 3. The molecule has 0 unspecified atom stereocenters. The summed E-state index contributed by atoms with van der Waals surface area (Å²) in [6.07, 6.45) is 6.61. The minimum Gasteiger partial charge on any atom is -0.377 e. The van der Waals surface area contributed by atoms with E-state index < -0.39 is 0 Å². The second-order valence-corrected chi connectivity index (χ2v) is 7.35. The van der Waals surface area contributed by atoms with Crippen molar-refractivity contribution in [2.45, 2.75) is 39.0 Å². The Morgan fingerprint density at radius 3 is 3.04 bits per heavy atom. The Morgan fingerprint density at radius 2 is 2.32 bits per heavy atom. The van der Waals surface area contributed by atoms with Crippen LogP contribution in [0.5, 0.6) is 0 Å². The van der Waals surface area contributed by atoms with Gasteiger partial charge in [-0.2, -0.15) is 5.10 Å². The molecule has 3 atom stereocenters. The van der Waals surface area contributed by atoms with E-state index in [-0.39, 0.29) is 23.6 Å². The van der Waals surface area contributed by atoms with Crippen molar-refractivity contribution < 1.29 is 9.53 Å². The highest BCUT2D eigenvalue weighted by Gasteiger charge is 2.59. The number of amides is 2. The Balaban J connectivity index is 1.30. The maximum absolute atomic E-state index is 12.3. The monoisotopic (exact) mass is 341 g/mol. The zero-order chi connectivity index (χ0) is 17.4. The molecule has 2 N–H and O–H groups in total. The number of ether oxygens (including phenoxy) is 1. The molecule has 0 spiro atoms. The second kappa shape index (κ2) is 6.15. The molecule has 2 aliphatic rings. The fourth-order valence-electron chi connectivity index (χ4n) is 4.05. The third kappa shape index (κ3) is 2.89. The average Bonchev–Trinajstić information content (AvgIpc) is 3.29. The first-order chi connectivity index (χ1) is 12.1. The van der Waals surface area contributed by atoms with E-state index in [1.54, 1.807) is 17.1 Å². The van der Waals surface area contributed by atoms with Gasteiger partial charge in [0.1, 0.15) is 0 Å². The first-order valence-electron chi connectivity index (χ1n) is 8.66. The second-order valence-electron chi connectivity index (χ2n) is 7.35. The molecule has 1 aliphatic heterocycles. The summed E-state index contributed by atoms with van der Waals surface area (Å²) >= 11 is 0. The maximum atomic E-state index is 12.3. The van der Waals surface area contributed by atoms with Gasteiger partial charge in [-0.25, -0.2) is 14.5 Å². The summed E-state index contributed by atoms with van der Waals surface area (Å²) in [5.74, 6) is 1.19. The number of rotatable bonds is 4. The number of hydrogen-bond acceptors (Lipinski definition) is 4. The number of nitrogens with one attached hydrogen (secondary N) is 2. The van der Waals surface area contributed by atoms with E-state index in [1.165, 1.54) is 0 Å². The summed E-state index contributed by atoms with van der Waals surface area (Å²) in [7, 11) is 0. The van der Waals surface area contributed by atoms with Crippen LogP contribution in [0.1, 0.15) is 25.8 Å². The molecule has 7 nitrogen and oxygen atoms in total. The zero-order valence-electron chi connectivity index (χ0n) is 14.5. The van der Waals surface area contributed by atoms with Gasteiger partial charge in [0.25, 0.3) is 0 Å². The third-order valence-electron chi connectivity index (χ3n) is 5.39. The molecule has 2 aromatic heterocycles. The van der Waals surface area contributed by atoms with Gasteiger partial charge >= 0.3 is 6.03 Å². The van der Waals surface area contributed by atoms with Crippen molar-refractivity contribution in [1.82, 2.24) is 25.4 Å². The number of pyridine rings is 1. The smallest absolute Gasteiger partial charge is 0.315 e. The maximum Gasteiger partial charge on any atom is 0.315 e. The van der Waals surface area contributed by atoms with Crippen LogP contribution in [0.3, 0.4) is 0 Å². The predicted molar refractivity (Wildman–Crippen MR) is 92.1 cm³/mol. The Bertz CT molecular complexity index is 741. The van der Waals surface area contributed by atoms with Gasteiger partial charge in [-0.15, -0.1) is 0 Å². The van der Waals surface area contributed by atoms with E-state index in [4.69, 9.17) is 4.74 Å². The SMILES string of the molecule is CC1(C)[C@H](NC(=O)NCc2ccc(-n3cccn3)nc2)[C@H]2CCO[C@H]21. The lowest BCUT2D eigenvalue weighted by molar-refractivity contribution is -0.108. The molecule has 2 aromatic rings. The molecule has 7 heteroatoms. The average molecular weight is 341 g/mol. The molecular formula is C18H23N5O2. The highest BCUT2D eigenvalue weighted by molar-refractivity contribution is 5.74. The van der Waals surface area contributed by atoms with Crippen molar-refractivity contribution >= 4 is 6.03 Å². The number of urea groups is 1. The van der Waals surface area contributed by atoms with Crippen LogP contribution in [0, 0.1) is 11.3 Å². The van der Waals surface area contributed by atoms with Crippen LogP contribution in [0.4, 0.5) is 4.79 Å². The summed E-state index contributed by atoms with van der Waals surface area (Å²) in [5, 5.41) is 10.2. The van der Waals surface area contributed by atoms with Gasteiger partial charge in [0.05, 0.1) is 6.10 Å². The van der Waals surface area contributed by atoms with E-state index in [0.29, 0.717) is 12.5 Å². The van der Waals surface area contributed by atoms with Gasteiger partial charge in [-0.3, -0.25) is 0 Å². The summed E-state index contributed by atoms with van der Waals surface area (Å²) < 4.78 is 7.46. The molecule has 0 radical (unpaired) electrons. The van der Waals surface area contributed by atoms with Crippen molar-refractivity contribution in [1.29, 1.82) is 0 Å². The number of hydrogen-bond donors (Lipinski definition) is 2. The van der Waals surface area contributed by atoms with E-state index in [9.17, 15) is 4.79 Å². The van der Waals surface area contributed by atoms with Crippen LogP contribution in [-0.4, -0.2) is 39.5 Å². The standard InChI is InChI=1S/C18H23N5O2/c1-18(2)15(13-6-9-25-16(13)18)22-17(24)20-11-12-4-5-14(19-10-12)23-8-3-7-21-23/h3-5,7-8,10,13,15-16H,6,9,11H2,1-2H3,(H2,20,22,24)/t13-,15-,16-/m1/s1. The van der Waals surface area contributed by atoms with Crippen molar-refractivity contribution in [2.75, 3.05) is 6.61 Å². The minimum absolute atomic E-state index is 0.00846. The predicted octanol–water partition coefficient (Wildman–Crippen LogP) is 1.88. The van der Waals surface area contributed by atoms with E-state index in [1.807, 2.05) is 24.4 Å². The first kappa shape index (κ1) is 16.1. The van der Waals surface area contributed by atoms with Gasteiger partial charge in [-0.1, -0.05) is 19.9 Å². The molecule has 4 rings (SSSR count). The number of carbonyl (C=O) groups excluding carboxylic acids is 1. The van der Waals surface area contributed by atoms with Crippen LogP contribution >= 0.6 is 0 Å². The molecule has 2 fully saturated rings.